The molecule has 0 fully saturated rings. The van der Waals surface area contributed by atoms with E-state index < -0.39 is 28.1 Å². The molecular weight excluding hydrogens is 602 g/mol. The number of amides is 1. The minimum Gasteiger partial charge on any atom is -0.391 e. The zero-order chi connectivity index (χ0) is 28.3. The molecule has 1 aliphatic carbocycles. The second kappa shape index (κ2) is 12.8. The maximum absolute atomic E-state index is 13.1. The topological polar surface area (TPSA) is 86.7 Å². The third kappa shape index (κ3) is 7.67. The van der Waals surface area contributed by atoms with Crippen molar-refractivity contribution in [2.45, 2.75) is 43.9 Å². The molecule has 2 N–H and O–H groups in total. The number of fused-ring (bicyclic) bond motifs is 1. The standard InChI is InChI=1S/C28H28Cl4N2O4S/c1-39(37,38)34(21-14-18-4-2-3-5-19(18)15-21)11-10-27(35)26(13-17-6-8-22(29)24(31)12-17)33-28(36)20-7-9-23(30)25(32)16-20/h2-9,12,16,21,26-27,35H,10-11,13-15H2,1H3,(H,33,36). The Morgan fingerprint density at radius 1 is 0.949 bits per heavy atom. The molecule has 0 radical (unpaired) electrons. The van der Waals surface area contributed by atoms with Crippen LogP contribution in [0.1, 0.15) is 33.5 Å². The number of hydrogen-bond acceptors (Lipinski definition) is 4. The molecule has 2 unspecified atom stereocenters. The lowest BCUT2D eigenvalue weighted by molar-refractivity contribution is 0.0793. The van der Waals surface area contributed by atoms with Gasteiger partial charge in [0.25, 0.3) is 5.91 Å². The summed E-state index contributed by atoms with van der Waals surface area (Å²) in [7, 11) is -3.56. The Morgan fingerprint density at radius 3 is 2.10 bits per heavy atom. The SMILES string of the molecule is CS(=O)(=O)N(CCC(O)C(Cc1ccc(Cl)c(Cl)c1)NC(=O)c1ccc(Cl)c(Cl)c1)C1Cc2ccccc2C1. The molecule has 0 saturated heterocycles. The van der Waals surface area contributed by atoms with Crippen LogP contribution in [-0.2, 0) is 29.3 Å². The van der Waals surface area contributed by atoms with Crippen molar-refractivity contribution in [3.8, 4) is 0 Å². The fourth-order valence-corrected chi connectivity index (χ4v) is 6.66. The fraction of sp³-hybridized carbons (Fsp3) is 0.321. The predicted octanol–water partition coefficient (Wildman–Crippen LogP) is 5.82. The molecule has 0 aromatic heterocycles. The Hall–Kier alpha value is -1.84. The molecule has 6 nitrogen and oxygen atoms in total. The van der Waals surface area contributed by atoms with Gasteiger partial charge < -0.3 is 10.4 Å². The highest BCUT2D eigenvalue weighted by molar-refractivity contribution is 7.88. The van der Waals surface area contributed by atoms with Gasteiger partial charge in [-0.3, -0.25) is 4.79 Å². The number of rotatable bonds is 10. The summed E-state index contributed by atoms with van der Waals surface area (Å²) in [6.45, 7) is 0.0964. The smallest absolute Gasteiger partial charge is 0.251 e. The highest BCUT2D eigenvalue weighted by Gasteiger charge is 2.33. The summed E-state index contributed by atoms with van der Waals surface area (Å²) < 4.78 is 27.0. The number of aliphatic hydroxyl groups excluding tert-OH is 1. The van der Waals surface area contributed by atoms with Crippen molar-refractivity contribution in [1.82, 2.24) is 9.62 Å². The van der Waals surface area contributed by atoms with E-state index in [1.165, 1.54) is 28.8 Å². The lowest BCUT2D eigenvalue weighted by Gasteiger charge is -2.30. The second-order valence-electron chi connectivity index (χ2n) is 9.72. The van der Waals surface area contributed by atoms with E-state index in [-0.39, 0.29) is 36.0 Å². The highest BCUT2D eigenvalue weighted by atomic mass is 35.5. The van der Waals surface area contributed by atoms with E-state index in [0.29, 0.717) is 27.9 Å². The van der Waals surface area contributed by atoms with Crippen molar-refractivity contribution in [3.05, 3.63) is 103 Å². The van der Waals surface area contributed by atoms with Gasteiger partial charge in [-0.2, -0.15) is 4.31 Å². The number of benzene rings is 3. The Kier molecular flexibility index (Phi) is 9.87. The lowest BCUT2D eigenvalue weighted by Crippen LogP contribution is -2.47. The number of carbonyl (C=O) groups excluding carboxylic acids is 1. The third-order valence-corrected chi connectivity index (χ3v) is 9.72. The summed E-state index contributed by atoms with van der Waals surface area (Å²) >= 11 is 24.3. The van der Waals surface area contributed by atoms with Gasteiger partial charge in [0.05, 0.1) is 38.5 Å². The van der Waals surface area contributed by atoms with Crippen LogP contribution in [0.2, 0.25) is 20.1 Å². The Labute approximate surface area is 248 Å². The molecule has 3 aromatic rings. The number of carbonyl (C=O) groups is 1. The zero-order valence-electron chi connectivity index (χ0n) is 21.1. The Balaban J connectivity index is 1.52. The summed E-state index contributed by atoms with van der Waals surface area (Å²) in [5.74, 6) is -0.455. The average Bonchev–Trinajstić information content (AvgIpc) is 3.30. The van der Waals surface area contributed by atoms with Gasteiger partial charge in [0.1, 0.15) is 0 Å². The Morgan fingerprint density at radius 2 is 1.54 bits per heavy atom. The first kappa shape index (κ1) is 30.1. The quantitative estimate of drug-likeness (QED) is 0.296. The molecule has 0 heterocycles. The minimum atomic E-state index is -3.56. The van der Waals surface area contributed by atoms with Crippen LogP contribution >= 0.6 is 46.4 Å². The molecule has 0 saturated carbocycles. The molecule has 1 amide bonds. The van der Waals surface area contributed by atoms with Gasteiger partial charge in [0, 0.05) is 18.2 Å². The van der Waals surface area contributed by atoms with E-state index >= 15 is 0 Å². The molecule has 208 valence electrons. The predicted molar refractivity (Wildman–Crippen MR) is 158 cm³/mol. The van der Waals surface area contributed by atoms with E-state index in [2.05, 4.69) is 5.32 Å². The number of hydrogen-bond donors (Lipinski definition) is 2. The van der Waals surface area contributed by atoms with E-state index in [1.54, 1.807) is 18.2 Å². The molecule has 3 aromatic carbocycles. The first-order valence-corrected chi connectivity index (χ1v) is 15.7. The number of aliphatic hydroxyl groups is 1. The molecule has 11 heteroatoms. The number of nitrogens with one attached hydrogen (secondary N) is 1. The van der Waals surface area contributed by atoms with Gasteiger partial charge in [-0.1, -0.05) is 76.7 Å². The normalized spacial score (nSPS) is 15.3. The van der Waals surface area contributed by atoms with Gasteiger partial charge in [-0.15, -0.1) is 0 Å². The lowest BCUT2D eigenvalue weighted by atomic mass is 9.98. The van der Waals surface area contributed by atoms with Gasteiger partial charge in [0.15, 0.2) is 0 Å². The largest absolute Gasteiger partial charge is 0.391 e. The number of halogens is 4. The van der Waals surface area contributed by atoms with Crippen LogP contribution in [-0.4, -0.2) is 54.7 Å². The van der Waals surface area contributed by atoms with Crippen molar-refractivity contribution >= 4 is 62.3 Å². The van der Waals surface area contributed by atoms with Gasteiger partial charge in [0.2, 0.25) is 10.0 Å². The molecule has 0 bridgehead atoms. The van der Waals surface area contributed by atoms with Crippen molar-refractivity contribution in [2.24, 2.45) is 0 Å². The van der Waals surface area contributed by atoms with E-state index in [4.69, 9.17) is 46.4 Å². The molecule has 0 spiro atoms. The third-order valence-electron chi connectivity index (χ3n) is 6.91. The summed E-state index contributed by atoms with van der Waals surface area (Å²) in [6, 6.07) is 16.5. The van der Waals surface area contributed by atoms with Crippen molar-refractivity contribution in [2.75, 3.05) is 12.8 Å². The van der Waals surface area contributed by atoms with Crippen LogP contribution in [0.4, 0.5) is 0 Å². The van der Waals surface area contributed by atoms with Crippen LogP contribution in [0, 0.1) is 0 Å². The van der Waals surface area contributed by atoms with Crippen LogP contribution < -0.4 is 5.32 Å². The van der Waals surface area contributed by atoms with Crippen LogP contribution in [0.25, 0.3) is 0 Å². The van der Waals surface area contributed by atoms with E-state index in [1.807, 2.05) is 24.3 Å². The summed E-state index contributed by atoms with van der Waals surface area (Å²) in [5.41, 5.74) is 3.28. The maximum Gasteiger partial charge on any atom is 0.251 e. The number of sulfonamides is 1. The van der Waals surface area contributed by atoms with E-state index in [9.17, 15) is 18.3 Å². The van der Waals surface area contributed by atoms with Crippen LogP contribution in [0.15, 0.2) is 60.7 Å². The van der Waals surface area contributed by atoms with Crippen LogP contribution in [0.3, 0.4) is 0 Å². The average molecular weight is 630 g/mol. The Bertz CT molecular complexity index is 1440. The summed E-state index contributed by atoms with van der Waals surface area (Å²) in [4.78, 5) is 13.1. The van der Waals surface area contributed by atoms with Crippen molar-refractivity contribution in [3.63, 3.8) is 0 Å². The zero-order valence-corrected chi connectivity index (χ0v) is 24.9. The van der Waals surface area contributed by atoms with Gasteiger partial charge >= 0.3 is 0 Å². The highest BCUT2D eigenvalue weighted by Crippen LogP contribution is 2.28. The molecule has 0 aliphatic heterocycles. The van der Waals surface area contributed by atoms with Gasteiger partial charge in [-0.25, -0.2) is 8.42 Å². The first-order valence-electron chi connectivity index (χ1n) is 12.3. The maximum atomic E-state index is 13.1. The first-order chi connectivity index (χ1) is 18.4. The monoisotopic (exact) mass is 628 g/mol. The molecule has 2 atom stereocenters. The number of nitrogens with zero attached hydrogens (tertiary/aromatic N) is 1. The minimum absolute atomic E-state index is 0.0964. The molecule has 1 aliphatic rings. The van der Waals surface area contributed by atoms with Crippen LogP contribution in [0.5, 0.6) is 0 Å². The molecule has 4 rings (SSSR count). The van der Waals surface area contributed by atoms with Crippen molar-refractivity contribution < 1.29 is 18.3 Å². The fourth-order valence-electron chi connectivity index (χ4n) is 4.91. The summed E-state index contributed by atoms with van der Waals surface area (Å²) in [6.07, 6.45) is 1.67. The molecule has 39 heavy (non-hydrogen) atoms. The second-order valence-corrected chi connectivity index (χ2v) is 13.3. The van der Waals surface area contributed by atoms with Crippen molar-refractivity contribution in [1.29, 1.82) is 0 Å². The molecular formula is C28H28Cl4N2O4S. The van der Waals surface area contributed by atoms with E-state index in [0.717, 1.165) is 16.7 Å². The van der Waals surface area contributed by atoms with Gasteiger partial charge in [-0.05, 0) is 72.7 Å². The summed E-state index contributed by atoms with van der Waals surface area (Å²) in [5, 5.41) is 15.4.